The van der Waals surface area contributed by atoms with Gasteiger partial charge in [-0.05, 0) is 49.1 Å². The van der Waals surface area contributed by atoms with E-state index in [0.717, 1.165) is 12.3 Å². The molecule has 0 aliphatic carbocycles. The molecule has 1 heterocycles. The number of rotatable bonds is 7. The van der Waals surface area contributed by atoms with Gasteiger partial charge in [-0.3, -0.25) is 4.78 Å². The quantitative estimate of drug-likeness (QED) is 0.550. The summed E-state index contributed by atoms with van der Waals surface area (Å²) in [5, 5.41) is 2.86. The van der Waals surface area contributed by atoms with Crippen molar-refractivity contribution in [3.05, 3.63) is 65.6 Å². The molecular weight excluding hydrogens is 401 g/mol. The Balaban J connectivity index is 1.97. The molecule has 1 unspecified atom stereocenters. The maximum Gasteiger partial charge on any atom is 0.227 e. The SMILES string of the molecule is CCOc1cc(F)ccc1-c1nc(Nc2cc(F)cc(CS(C)=N)c2)ncc1F. The normalized spacial score (nSPS) is 11.9. The molecule has 29 heavy (non-hydrogen) atoms. The van der Waals surface area contributed by atoms with Crippen LogP contribution in [0.1, 0.15) is 12.5 Å². The third-order valence-electron chi connectivity index (χ3n) is 3.84. The van der Waals surface area contributed by atoms with Crippen molar-refractivity contribution >= 4 is 22.3 Å². The number of aromatic nitrogens is 2. The van der Waals surface area contributed by atoms with Crippen LogP contribution in [0.5, 0.6) is 5.75 Å². The number of hydrogen-bond acceptors (Lipinski definition) is 5. The standard InChI is InChI=1S/C20H19F3N4OS/c1-3-28-18-9-13(21)4-5-16(18)19-17(23)10-25-20(27-19)26-15-7-12(11-29(2)24)6-14(22)8-15/h4-10,24H,3,11H2,1-2H3,(H,25,26,27). The molecule has 152 valence electrons. The monoisotopic (exact) mass is 420 g/mol. The molecule has 3 rings (SSSR count). The van der Waals surface area contributed by atoms with Gasteiger partial charge in [-0.2, -0.15) is 0 Å². The van der Waals surface area contributed by atoms with Gasteiger partial charge in [0.1, 0.15) is 23.1 Å². The number of hydrogen-bond donors (Lipinski definition) is 2. The molecule has 0 saturated carbocycles. The van der Waals surface area contributed by atoms with E-state index >= 15 is 0 Å². The minimum atomic E-state index is -0.702. The van der Waals surface area contributed by atoms with Crippen LogP contribution in [0.25, 0.3) is 11.3 Å². The largest absolute Gasteiger partial charge is 0.493 e. The first-order valence-electron chi connectivity index (χ1n) is 8.71. The maximum absolute atomic E-state index is 14.4. The number of halogens is 3. The minimum Gasteiger partial charge on any atom is -0.493 e. The number of ether oxygens (including phenoxy) is 1. The van der Waals surface area contributed by atoms with Gasteiger partial charge in [0.2, 0.25) is 5.95 Å². The van der Waals surface area contributed by atoms with E-state index in [1.165, 1.54) is 24.3 Å². The van der Waals surface area contributed by atoms with Crippen LogP contribution in [-0.4, -0.2) is 22.8 Å². The maximum atomic E-state index is 14.4. The Morgan fingerprint density at radius 2 is 1.90 bits per heavy atom. The highest BCUT2D eigenvalue weighted by Gasteiger charge is 2.16. The average molecular weight is 420 g/mol. The number of anilines is 2. The number of benzene rings is 2. The first-order valence-corrected chi connectivity index (χ1v) is 10.5. The smallest absolute Gasteiger partial charge is 0.227 e. The third-order valence-corrected chi connectivity index (χ3v) is 4.61. The van der Waals surface area contributed by atoms with E-state index in [0.29, 0.717) is 17.0 Å². The second-order valence-electron chi connectivity index (χ2n) is 6.22. The van der Waals surface area contributed by atoms with E-state index in [1.807, 2.05) is 0 Å². The molecule has 0 spiro atoms. The van der Waals surface area contributed by atoms with Crippen molar-refractivity contribution in [2.24, 2.45) is 0 Å². The van der Waals surface area contributed by atoms with Crippen molar-refractivity contribution in [3.63, 3.8) is 0 Å². The van der Waals surface area contributed by atoms with Gasteiger partial charge in [0.05, 0.1) is 12.8 Å². The van der Waals surface area contributed by atoms with E-state index in [1.54, 1.807) is 19.2 Å². The molecule has 0 fully saturated rings. The van der Waals surface area contributed by atoms with Gasteiger partial charge in [0.15, 0.2) is 5.82 Å². The highest BCUT2D eigenvalue weighted by atomic mass is 32.2. The topological polar surface area (TPSA) is 70.9 Å². The molecule has 0 radical (unpaired) electrons. The third kappa shape index (κ3) is 5.32. The summed E-state index contributed by atoms with van der Waals surface area (Å²) in [5.74, 6) is -1.06. The van der Waals surface area contributed by atoms with Gasteiger partial charge in [0.25, 0.3) is 0 Å². The van der Waals surface area contributed by atoms with Crippen LogP contribution in [0.15, 0.2) is 42.6 Å². The zero-order valence-electron chi connectivity index (χ0n) is 15.8. The van der Waals surface area contributed by atoms with Crippen molar-refractivity contribution in [2.75, 3.05) is 18.2 Å². The van der Waals surface area contributed by atoms with Crippen molar-refractivity contribution in [1.82, 2.24) is 9.97 Å². The molecule has 1 atom stereocenters. The van der Waals surface area contributed by atoms with Gasteiger partial charge in [-0.15, -0.1) is 10.7 Å². The van der Waals surface area contributed by atoms with Crippen molar-refractivity contribution in [1.29, 1.82) is 4.78 Å². The Labute approximate surface area is 168 Å². The van der Waals surface area contributed by atoms with Crippen LogP contribution >= 0.6 is 0 Å². The van der Waals surface area contributed by atoms with Crippen molar-refractivity contribution in [2.45, 2.75) is 12.7 Å². The molecule has 0 amide bonds. The summed E-state index contributed by atoms with van der Waals surface area (Å²) in [4.78, 5) is 8.08. The Kier molecular flexibility index (Phi) is 6.48. The van der Waals surface area contributed by atoms with Gasteiger partial charge >= 0.3 is 0 Å². The van der Waals surface area contributed by atoms with Crippen LogP contribution in [0.3, 0.4) is 0 Å². The Hall–Kier alpha value is -2.94. The van der Waals surface area contributed by atoms with E-state index < -0.39 is 28.1 Å². The Bertz CT molecular complexity index is 1060. The lowest BCUT2D eigenvalue weighted by Crippen LogP contribution is -2.03. The second-order valence-corrected chi connectivity index (χ2v) is 7.78. The van der Waals surface area contributed by atoms with Crippen LogP contribution in [0.2, 0.25) is 0 Å². The Morgan fingerprint density at radius 3 is 2.62 bits per heavy atom. The van der Waals surface area contributed by atoms with Crippen LogP contribution in [0.4, 0.5) is 24.8 Å². The summed E-state index contributed by atoms with van der Waals surface area (Å²) in [5.41, 5.74) is 1.25. The van der Waals surface area contributed by atoms with E-state index in [9.17, 15) is 13.2 Å². The zero-order chi connectivity index (χ0) is 21.0. The molecule has 0 aliphatic heterocycles. The number of nitrogens with one attached hydrogen (secondary N) is 2. The van der Waals surface area contributed by atoms with Gasteiger partial charge in [-0.25, -0.2) is 23.1 Å². The molecule has 9 heteroatoms. The molecule has 0 aliphatic rings. The first kappa shape index (κ1) is 20.8. The summed E-state index contributed by atoms with van der Waals surface area (Å²) >= 11 is 0. The van der Waals surface area contributed by atoms with E-state index in [-0.39, 0.29) is 29.6 Å². The lowest BCUT2D eigenvalue weighted by atomic mass is 10.1. The summed E-state index contributed by atoms with van der Waals surface area (Å²) in [7, 11) is -0.638. The molecule has 0 bridgehead atoms. The van der Waals surface area contributed by atoms with Gasteiger partial charge in [0, 0.05) is 23.1 Å². The fourth-order valence-electron chi connectivity index (χ4n) is 2.77. The summed E-state index contributed by atoms with van der Waals surface area (Å²) in [6.45, 7) is 2.01. The average Bonchev–Trinajstić information content (AvgIpc) is 2.63. The van der Waals surface area contributed by atoms with Crippen LogP contribution < -0.4 is 10.1 Å². The molecule has 2 N–H and O–H groups in total. The van der Waals surface area contributed by atoms with Gasteiger partial charge < -0.3 is 10.1 Å². The summed E-state index contributed by atoms with van der Waals surface area (Å²) < 4.78 is 54.9. The van der Waals surface area contributed by atoms with E-state index in [2.05, 4.69) is 15.3 Å². The fourth-order valence-corrected chi connectivity index (χ4v) is 3.43. The minimum absolute atomic E-state index is 0.0473. The predicted molar refractivity (Wildman–Crippen MR) is 108 cm³/mol. The Morgan fingerprint density at radius 1 is 1.10 bits per heavy atom. The second kappa shape index (κ2) is 9.04. The first-order chi connectivity index (χ1) is 13.9. The summed E-state index contributed by atoms with van der Waals surface area (Å²) in [6, 6.07) is 8.05. The lowest BCUT2D eigenvalue weighted by Gasteiger charge is -2.12. The van der Waals surface area contributed by atoms with Gasteiger partial charge in [-0.1, -0.05) is 0 Å². The fraction of sp³-hybridized carbons (Fsp3) is 0.200. The molecule has 2 aromatic carbocycles. The zero-order valence-corrected chi connectivity index (χ0v) is 16.6. The molecular formula is C20H19F3N4OS. The van der Waals surface area contributed by atoms with Crippen LogP contribution in [-0.2, 0) is 16.4 Å². The summed E-state index contributed by atoms with van der Waals surface area (Å²) in [6.07, 6.45) is 2.73. The number of nitrogens with zero attached hydrogens (tertiary/aromatic N) is 2. The predicted octanol–water partition coefficient (Wildman–Crippen LogP) is 5.21. The van der Waals surface area contributed by atoms with Crippen LogP contribution in [0, 0.1) is 22.2 Å². The van der Waals surface area contributed by atoms with Crippen molar-refractivity contribution < 1.29 is 17.9 Å². The highest BCUT2D eigenvalue weighted by Crippen LogP contribution is 2.32. The van der Waals surface area contributed by atoms with Crippen molar-refractivity contribution in [3.8, 4) is 17.0 Å². The highest BCUT2D eigenvalue weighted by molar-refractivity contribution is 7.84. The molecule has 0 saturated heterocycles. The van der Waals surface area contributed by atoms with E-state index in [4.69, 9.17) is 9.52 Å². The molecule has 5 nitrogen and oxygen atoms in total. The lowest BCUT2D eigenvalue weighted by molar-refractivity contribution is 0.339. The molecule has 1 aromatic heterocycles. The molecule has 3 aromatic rings.